The Kier molecular flexibility index (Phi) is 4.44. The fraction of sp³-hybridized carbons (Fsp3) is 0.786. The van der Waals surface area contributed by atoms with Crippen molar-refractivity contribution < 1.29 is 14.0 Å². The number of carbonyl (C=O) groups is 1. The Morgan fingerprint density at radius 2 is 1.94 bits per heavy atom. The molecule has 1 aliphatic rings. The van der Waals surface area contributed by atoms with Crippen LogP contribution in [0.3, 0.4) is 0 Å². The van der Waals surface area contributed by atoms with E-state index in [2.05, 4.69) is 33.9 Å². The van der Waals surface area contributed by atoms with Crippen molar-refractivity contribution in [2.75, 3.05) is 7.11 Å². The van der Waals surface area contributed by atoms with Crippen LogP contribution < -0.4 is 0 Å². The van der Waals surface area contributed by atoms with Crippen LogP contribution in [-0.4, -0.2) is 27.0 Å². The first kappa shape index (κ1) is 15.4. The minimum atomic E-state index is -2.00. The van der Waals surface area contributed by atoms with Gasteiger partial charge >= 0.3 is 5.97 Å². The lowest BCUT2D eigenvalue weighted by atomic mass is 9.91. The zero-order valence-electron chi connectivity index (χ0n) is 12.5. The number of methoxy groups -OCH3 is 1. The largest absolute Gasteiger partial charge is 0.467 e. The van der Waals surface area contributed by atoms with Crippen LogP contribution in [0.4, 0.5) is 0 Å². The van der Waals surface area contributed by atoms with Gasteiger partial charge in [0.1, 0.15) is 0 Å². The average molecular weight is 270 g/mol. The van der Waals surface area contributed by atoms with Gasteiger partial charge in [-0.2, -0.15) is 0 Å². The van der Waals surface area contributed by atoms with Crippen LogP contribution in [0.15, 0.2) is 12.2 Å². The monoisotopic (exact) mass is 270 g/mol. The summed E-state index contributed by atoms with van der Waals surface area (Å²) >= 11 is 0. The van der Waals surface area contributed by atoms with Crippen molar-refractivity contribution >= 4 is 14.3 Å². The van der Waals surface area contributed by atoms with Gasteiger partial charge in [-0.05, 0) is 43.5 Å². The van der Waals surface area contributed by atoms with Crippen molar-refractivity contribution in [3.05, 3.63) is 12.2 Å². The van der Waals surface area contributed by atoms with Crippen molar-refractivity contribution in [1.82, 2.24) is 0 Å². The van der Waals surface area contributed by atoms with Gasteiger partial charge in [0, 0.05) is 0 Å². The number of hydrogen-bond donors (Lipinski definition) is 0. The van der Waals surface area contributed by atoms with Crippen LogP contribution in [0.2, 0.25) is 18.1 Å². The minimum absolute atomic E-state index is 0.0826. The third-order valence-corrected chi connectivity index (χ3v) is 8.57. The lowest BCUT2D eigenvalue weighted by Crippen LogP contribution is -2.53. The van der Waals surface area contributed by atoms with E-state index >= 15 is 0 Å². The number of carbonyl (C=O) groups excluding carboxylic acids is 1. The molecule has 1 atom stereocenters. The number of hydrogen-bond acceptors (Lipinski definition) is 3. The normalized spacial score (nSPS) is 25.0. The molecule has 4 heteroatoms. The van der Waals surface area contributed by atoms with E-state index in [4.69, 9.17) is 9.16 Å². The second-order valence-electron chi connectivity index (χ2n) is 6.54. The van der Waals surface area contributed by atoms with Crippen LogP contribution in [0, 0.1) is 0 Å². The number of ether oxygens (including phenoxy) is 1. The van der Waals surface area contributed by atoms with Crippen molar-refractivity contribution in [3.8, 4) is 0 Å². The maximum Gasteiger partial charge on any atom is 0.341 e. The molecule has 0 aromatic heterocycles. The molecule has 0 aromatic rings. The van der Waals surface area contributed by atoms with Gasteiger partial charge in [-0.15, -0.1) is 0 Å². The van der Waals surface area contributed by atoms with Crippen molar-refractivity contribution in [3.63, 3.8) is 0 Å². The van der Waals surface area contributed by atoms with Crippen LogP contribution in [0.25, 0.3) is 0 Å². The fourth-order valence-corrected chi connectivity index (χ4v) is 3.39. The van der Waals surface area contributed by atoms with Crippen LogP contribution in [-0.2, 0) is 14.0 Å². The van der Waals surface area contributed by atoms with Crippen molar-refractivity contribution in [2.24, 2.45) is 0 Å². The van der Waals surface area contributed by atoms with Crippen LogP contribution in [0.1, 0.15) is 40.0 Å². The summed E-state index contributed by atoms with van der Waals surface area (Å²) < 4.78 is 11.3. The predicted molar refractivity (Wildman–Crippen MR) is 76.0 cm³/mol. The summed E-state index contributed by atoms with van der Waals surface area (Å²) in [5.74, 6) is -0.261. The highest BCUT2D eigenvalue weighted by Gasteiger charge is 2.48. The summed E-state index contributed by atoms with van der Waals surface area (Å²) in [5, 5.41) is 0.0826. The fourth-order valence-electron chi connectivity index (χ4n) is 1.92. The van der Waals surface area contributed by atoms with E-state index in [-0.39, 0.29) is 11.0 Å². The molecule has 0 aromatic carbocycles. The molecule has 104 valence electrons. The molecule has 0 bridgehead atoms. The summed E-state index contributed by atoms with van der Waals surface area (Å²) in [6.45, 7) is 10.9. The van der Waals surface area contributed by atoms with Gasteiger partial charge in [0.05, 0.1) is 7.11 Å². The highest BCUT2D eigenvalue weighted by Crippen LogP contribution is 2.41. The van der Waals surface area contributed by atoms with Crippen molar-refractivity contribution in [1.29, 1.82) is 0 Å². The lowest BCUT2D eigenvalue weighted by molar-refractivity contribution is -0.156. The second kappa shape index (κ2) is 5.17. The summed E-state index contributed by atoms with van der Waals surface area (Å²) in [6.07, 6.45) is 6.65. The molecule has 0 saturated heterocycles. The Morgan fingerprint density at radius 3 is 2.33 bits per heavy atom. The molecule has 0 N–H and O–H groups in total. The van der Waals surface area contributed by atoms with Gasteiger partial charge in [-0.3, -0.25) is 0 Å². The van der Waals surface area contributed by atoms with E-state index < -0.39 is 13.9 Å². The SMILES string of the molecule is COC(=O)C1(O[Si](C)(C)C(C)(C)C)C=CCCC1. The third kappa shape index (κ3) is 3.04. The lowest BCUT2D eigenvalue weighted by Gasteiger charge is -2.43. The molecule has 0 amide bonds. The molecule has 1 rings (SSSR count). The maximum atomic E-state index is 12.1. The Balaban J connectivity index is 3.04. The molecule has 0 heterocycles. The standard InChI is InChI=1S/C14H26O3Si/c1-13(2,3)18(5,6)17-14(12(15)16-4)10-8-7-9-11-14/h8,10H,7,9,11H2,1-6H3. The maximum absolute atomic E-state index is 12.1. The van der Waals surface area contributed by atoms with Crippen LogP contribution in [0.5, 0.6) is 0 Å². The first-order valence-corrected chi connectivity index (χ1v) is 9.52. The molecule has 0 spiro atoms. The smallest absolute Gasteiger partial charge is 0.341 e. The average Bonchev–Trinajstić information content (AvgIpc) is 2.27. The molecular weight excluding hydrogens is 244 g/mol. The zero-order valence-corrected chi connectivity index (χ0v) is 13.5. The molecular formula is C14H26O3Si. The molecule has 1 unspecified atom stereocenters. The summed E-state index contributed by atoms with van der Waals surface area (Å²) in [4.78, 5) is 12.1. The van der Waals surface area contributed by atoms with Gasteiger partial charge in [-0.25, -0.2) is 4.79 Å². The quantitative estimate of drug-likeness (QED) is 0.446. The van der Waals surface area contributed by atoms with Gasteiger partial charge in [-0.1, -0.05) is 26.8 Å². The van der Waals surface area contributed by atoms with E-state index in [0.29, 0.717) is 0 Å². The molecule has 18 heavy (non-hydrogen) atoms. The number of allylic oxidation sites excluding steroid dienone is 1. The predicted octanol–water partition coefficient (Wildman–Crippen LogP) is 3.66. The topological polar surface area (TPSA) is 35.5 Å². The number of rotatable bonds is 3. The molecule has 0 saturated carbocycles. The van der Waals surface area contributed by atoms with Gasteiger partial charge in [0.2, 0.25) is 0 Å². The van der Waals surface area contributed by atoms with Gasteiger partial charge in [0.15, 0.2) is 13.9 Å². The first-order valence-electron chi connectivity index (χ1n) is 6.61. The molecule has 0 aliphatic heterocycles. The van der Waals surface area contributed by atoms with Gasteiger partial charge < -0.3 is 9.16 Å². The third-order valence-electron chi connectivity index (χ3n) is 4.08. The van der Waals surface area contributed by atoms with Crippen molar-refractivity contribution in [2.45, 2.75) is 63.8 Å². The Hall–Kier alpha value is -0.613. The Labute approximate surface area is 112 Å². The van der Waals surface area contributed by atoms with Crippen LogP contribution >= 0.6 is 0 Å². The molecule has 1 aliphatic carbocycles. The zero-order chi connectivity index (χ0) is 14.0. The van der Waals surface area contributed by atoms with E-state index in [1.165, 1.54) is 7.11 Å². The van der Waals surface area contributed by atoms with Gasteiger partial charge in [0.25, 0.3) is 0 Å². The Morgan fingerprint density at radius 1 is 1.33 bits per heavy atom. The molecule has 0 fully saturated rings. The van der Waals surface area contributed by atoms with E-state index in [9.17, 15) is 4.79 Å². The Bertz CT molecular complexity index is 341. The highest BCUT2D eigenvalue weighted by molar-refractivity contribution is 6.74. The second-order valence-corrected chi connectivity index (χ2v) is 11.3. The van der Waals surface area contributed by atoms with E-state index in [1.54, 1.807) is 0 Å². The van der Waals surface area contributed by atoms with E-state index in [1.807, 2.05) is 12.2 Å². The summed E-state index contributed by atoms with van der Waals surface area (Å²) in [6, 6.07) is 0. The molecule has 3 nitrogen and oxygen atoms in total. The minimum Gasteiger partial charge on any atom is -0.467 e. The first-order chi connectivity index (χ1) is 8.15. The highest BCUT2D eigenvalue weighted by atomic mass is 28.4. The van der Waals surface area contributed by atoms with E-state index in [0.717, 1.165) is 19.3 Å². The summed E-state index contributed by atoms with van der Waals surface area (Å²) in [7, 11) is -0.564. The molecule has 0 radical (unpaired) electrons. The number of esters is 1. The summed E-state index contributed by atoms with van der Waals surface area (Å²) in [5.41, 5.74) is -0.851.